The molecule has 5 heterocycles. The van der Waals surface area contributed by atoms with Crippen molar-refractivity contribution in [3.63, 3.8) is 0 Å². The highest BCUT2D eigenvalue weighted by atomic mass is 32.2. The molecule has 1 aromatic carbocycles. The number of aromatic nitrogens is 4. The Labute approximate surface area is 202 Å². The second-order valence-electron chi connectivity index (χ2n) is 8.92. The molecule has 9 nitrogen and oxygen atoms in total. The molecule has 178 valence electrons. The number of anilines is 1. The molecule has 0 atom stereocenters. The summed E-state index contributed by atoms with van der Waals surface area (Å²) in [5, 5.41) is 7.53. The van der Waals surface area contributed by atoms with E-state index in [4.69, 9.17) is 10.2 Å². The Hall–Kier alpha value is -3.76. The highest BCUT2D eigenvalue weighted by Crippen LogP contribution is 2.38. The second-order valence-corrected chi connectivity index (χ2v) is 10.9. The largest absolute Gasteiger partial charge is 0.452 e. The van der Waals surface area contributed by atoms with E-state index in [1.54, 1.807) is 12.4 Å². The van der Waals surface area contributed by atoms with Crippen LogP contribution in [-0.2, 0) is 10.0 Å². The third-order valence-electron chi connectivity index (χ3n) is 6.71. The number of hydrogen-bond donors (Lipinski definition) is 1. The van der Waals surface area contributed by atoms with Gasteiger partial charge < -0.3 is 10.2 Å². The average molecular weight is 489 g/mol. The first-order chi connectivity index (χ1) is 16.9. The number of pyridine rings is 2. The van der Waals surface area contributed by atoms with Crippen molar-refractivity contribution in [3.8, 4) is 22.5 Å². The summed E-state index contributed by atoms with van der Waals surface area (Å²) < 4.78 is 33.3. The molecule has 0 saturated carbocycles. The quantitative estimate of drug-likeness (QED) is 0.405. The molecule has 4 aromatic heterocycles. The summed E-state index contributed by atoms with van der Waals surface area (Å²) in [6, 6.07) is 10.1. The zero-order valence-corrected chi connectivity index (χ0v) is 19.9. The zero-order chi connectivity index (χ0) is 24.2. The number of fused-ring (bicyclic) bond motifs is 2. The van der Waals surface area contributed by atoms with E-state index in [9.17, 15) is 8.42 Å². The maximum Gasteiger partial charge on any atom is 0.211 e. The number of sulfonamides is 1. The minimum absolute atomic E-state index is 0.142. The smallest absolute Gasteiger partial charge is 0.211 e. The highest BCUT2D eigenvalue weighted by Gasteiger charge is 2.26. The number of piperidine rings is 1. The van der Waals surface area contributed by atoms with Gasteiger partial charge in [-0.1, -0.05) is 18.2 Å². The number of nitrogen functional groups attached to an aromatic ring is 1. The molecule has 1 saturated heterocycles. The fourth-order valence-corrected chi connectivity index (χ4v) is 5.73. The van der Waals surface area contributed by atoms with Crippen LogP contribution < -0.4 is 5.73 Å². The fourth-order valence-electron chi connectivity index (χ4n) is 4.86. The monoisotopic (exact) mass is 488 g/mol. The van der Waals surface area contributed by atoms with Crippen molar-refractivity contribution in [3.05, 3.63) is 61.3 Å². The van der Waals surface area contributed by atoms with Crippen LogP contribution in [0.25, 0.3) is 44.2 Å². The Bertz CT molecular complexity index is 1660. The molecule has 1 aliphatic heterocycles. The van der Waals surface area contributed by atoms with Gasteiger partial charge in [-0.3, -0.25) is 9.67 Å². The fraction of sp³-hybridized carbons (Fsp3) is 0.240. The number of nitrogens with two attached hydrogens (primary N) is 1. The van der Waals surface area contributed by atoms with E-state index in [1.165, 1.54) is 10.6 Å². The van der Waals surface area contributed by atoms with Crippen LogP contribution in [0.2, 0.25) is 0 Å². The van der Waals surface area contributed by atoms with Crippen molar-refractivity contribution in [1.29, 1.82) is 0 Å². The van der Waals surface area contributed by atoms with E-state index in [0.717, 1.165) is 45.7 Å². The van der Waals surface area contributed by atoms with Gasteiger partial charge in [-0.05, 0) is 30.4 Å². The van der Waals surface area contributed by atoms with E-state index in [2.05, 4.69) is 15.1 Å². The van der Waals surface area contributed by atoms with Crippen molar-refractivity contribution in [2.24, 2.45) is 0 Å². The van der Waals surface area contributed by atoms with Gasteiger partial charge in [0.25, 0.3) is 0 Å². The van der Waals surface area contributed by atoms with Crippen molar-refractivity contribution < 1.29 is 12.8 Å². The van der Waals surface area contributed by atoms with Gasteiger partial charge in [0.15, 0.2) is 11.4 Å². The SMILES string of the molecule is CS(=O)(=O)N1CCC(n2cc(-c3cnc(N)c4oc(-c5cccc6cnccc56)cc34)cn2)CC1. The standard InChI is InChI=1S/C25H24N6O3S/c1-35(32,33)30-9-6-18(7-10-30)31-15-17(13-29-31)22-14-28-25(26)24-21(22)11-23(34-24)20-4-2-3-16-12-27-8-5-19(16)20/h2-5,8,11-15,18H,6-7,9-10H2,1H3,(H2,26,28). The molecule has 35 heavy (non-hydrogen) atoms. The lowest BCUT2D eigenvalue weighted by Gasteiger charge is -2.30. The van der Waals surface area contributed by atoms with Gasteiger partial charge in [0.2, 0.25) is 10.0 Å². The van der Waals surface area contributed by atoms with E-state index in [0.29, 0.717) is 30.3 Å². The maximum absolute atomic E-state index is 11.8. The van der Waals surface area contributed by atoms with Gasteiger partial charge in [0.05, 0.1) is 18.5 Å². The molecule has 0 spiro atoms. The van der Waals surface area contributed by atoms with E-state index < -0.39 is 10.0 Å². The number of hydrogen-bond acceptors (Lipinski definition) is 7. The Morgan fingerprint density at radius 2 is 1.89 bits per heavy atom. The number of rotatable bonds is 4. The molecule has 0 unspecified atom stereocenters. The lowest BCUT2D eigenvalue weighted by molar-refractivity contribution is 0.262. The van der Waals surface area contributed by atoms with Crippen LogP contribution in [-0.4, -0.2) is 51.8 Å². The van der Waals surface area contributed by atoms with Gasteiger partial charge in [-0.2, -0.15) is 5.10 Å². The summed E-state index contributed by atoms with van der Waals surface area (Å²) in [5.41, 5.74) is 9.47. The third-order valence-corrected chi connectivity index (χ3v) is 8.02. The first kappa shape index (κ1) is 21.8. The lowest BCUT2D eigenvalue weighted by Crippen LogP contribution is -2.38. The van der Waals surface area contributed by atoms with E-state index >= 15 is 0 Å². The van der Waals surface area contributed by atoms with Gasteiger partial charge in [0, 0.05) is 65.3 Å². The minimum atomic E-state index is -3.16. The Balaban J connectivity index is 1.37. The second kappa shape index (κ2) is 8.17. The van der Waals surface area contributed by atoms with E-state index in [-0.39, 0.29) is 6.04 Å². The molecule has 2 N–H and O–H groups in total. The lowest BCUT2D eigenvalue weighted by atomic mass is 10.0. The van der Waals surface area contributed by atoms with Crippen LogP contribution in [0.4, 0.5) is 5.82 Å². The summed E-state index contributed by atoms with van der Waals surface area (Å²) in [6.45, 7) is 0.996. The summed E-state index contributed by atoms with van der Waals surface area (Å²) in [7, 11) is -3.16. The topological polar surface area (TPSA) is 120 Å². The molecule has 0 amide bonds. The summed E-state index contributed by atoms with van der Waals surface area (Å²) in [6.07, 6.45) is 11.8. The molecule has 0 bridgehead atoms. The van der Waals surface area contributed by atoms with Crippen LogP contribution in [0.1, 0.15) is 18.9 Å². The van der Waals surface area contributed by atoms with Crippen LogP contribution >= 0.6 is 0 Å². The Morgan fingerprint density at radius 1 is 1.06 bits per heavy atom. The molecule has 0 aliphatic carbocycles. The van der Waals surface area contributed by atoms with Crippen molar-refractivity contribution in [1.82, 2.24) is 24.1 Å². The zero-order valence-electron chi connectivity index (χ0n) is 19.1. The predicted octanol–water partition coefficient (Wildman–Crippen LogP) is 4.09. The van der Waals surface area contributed by atoms with Gasteiger partial charge in [-0.25, -0.2) is 17.7 Å². The Morgan fingerprint density at radius 3 is 2.69 bits per heavy atom. The normalized spacial score (nSPS) is 15.8. The summed E-state index contributed by atoms with van der Waals surface area (Å²) in [4.78, 5) is 8.59. The maximum atomic E-state index is 11.8. The molecule has 6 rings (SSSR count). The minimum Gasteiger partial charge on any atom is -0.452 e. The number of furan rings is 1. The molecule has 0 radical (unpaired) electrons. The van der Waals surface area contributed by atoms with Crippen molar-refractivity contribution in [2.75, 3.05) is 25.1 Å². The predicted molar refractivity (Wildman–Crippen MR) is 135 cm³/mol. The summed E-state index contributed by atoms with van der Waals surface area (Å²) in [5.74, 6) is 1.04. The first-order valence-electron chi connectivity index (χ1n) is 11.4. The number of benzene rings is 1. The van der Waals surface area contributed by atoms with Crippen LogP contribution in [0.15, 0.2) is 65.7 Å². The van der Waals surface area contributed by atoms with Crippen molar-refractivity contribution in [2.45, 2.75) is 18.9 Å². The molecular formula is C25H24N6O3S. The molecule has 1 aliphatic rings. The first-order valence-corrected chi connectivity index (χ1v) is 13.2. The number of nitrogens with zero attached hydrogens (tertiary/aromatic N) is 5. The van der Waals surface area contributed by atoms with Gasteiger partial charge >= 0.3 is 0 Å². The third kappa shape index (κ3) is 3.84. The van der Waals surface area contributed by atoms with Crippen molar-refractivity contribution >= 4 is 37.6 Å². The van der Waals surface area contributed by atoms with Crippen LogP contribution in [0.3, 0.4) is 0 Å². The molecule has 1 fully saturated rings. The molecule has 5 aromatic rings. The highest BCUT2D eigenvalue weighted by molar-refractivity contribution is 7.88. The van der Waals surface area contributed by atoms with Gasteiger partial charge in [0.1, 0.15) is 5.76 Å². The van der Waals surface area contributed by atoms with Crippen LogP contribution in [0.5, 0.6) is 0 Å². The molecule has 10 heteroatoms. The van der Waals surface area contributed by atoms with Crippen LogP contribution in [0, 0.1) is 0 Å². The summed E-state index contributed by atoms with van der Waals surface area (Å²) >= 11 is 0. The average Bonchev–Trinajstić information content (AvgIpc) is 3.52. The molecular weight excluding hydrogens is 464 g/mol. The van der Waals surface area contributed by atoms with E-state index in [1.807, 2.05) is 53.6 Å². The van der Waals surface area contributed by atoms with Gasteiger partial charge in [-0.15, -0.1) is 0 Å². The Kier molecular flexibility index (Phi) is 5.08.